The normalized spacial score (nSPS) is 18.3. The molecule has 0 saturated carbocycles. The fourth-order valence-corrected chi connectivity index (χ4v) is 7.53. The molecule has 2 fully saturated rings. The third kappa shape index (κ3) is 6.07. The fraction of sp³-hybridized carbons (Fsp3) is 0.294. The number of hydrogen-bond donors (Lipinski definition) is 1. The first kappa shape index (κ1) is 29.5. The van der Waals surface area contributed by atoms with Crippen LogP contribution in [0.5, 0.6) is 0 Å². The van der Waals surface area contributed by atoms with Crippen LogP contribution in [0.25, 0.3) is 16.9 Å². The van der Waals surface area contributed by atoms with Crippen molar-refractivity contribution in [3.63, 3.8) is 0 Å². The SMILES string of the molecule is Cc1cc(C(=O)N2CCN(C(=O)O)C[C@H]2Cc2ccccc2)c(-c2ccccc2)n1-c1cccc(N2CCS(=O)(=O)CC2)c1. The monoisotopic (exact) mass is 612 g/mol. The molecule has 0 bridgehead atoms. The minimum absolute atomic E-state index is 0.130. The summed E-state index contributed by atoms with van der Waals surface area (Å²) in [5, 5.41) is 9.75. The van der Waals surface area contributed by atoms with Crippen molar-refractivity contribution in [2.45, 2.75) is 19.4 Å². The maximum absolute atomic E-state index is 14.5. The molecule has 4 aromatic rings. The predicted molar refractivity (Wildman–Crippen MR) is 171 cm³/mol. The number of aromatic nitrogens is 1. The van der Waals surface area contributed by atoms with Gasteiger partial charge in [0.2, 0.25) is 0 Å². The molecule has 2 saturated heterocycles. The molecular formula is C34H36N4O5S. The highest BCUT2D eigenvalue weighted by atomic mass is 32.2. The summed E-state index contributed by atoms with van der Waals surface area (Å²) in [5.74, 6) is 0.133. The van der Waals surface area contributed by atoms with E-state index in [9.17, 15) is 23.1 Å². The number of piperazine rings is 1. The van der Waals surface area contributed by atoms with E-state index in [-0.39, 0.29) is 36.5 Å². The van der Waals surface area contributed by atoms with Crippen LogP contribution in [-0.4, -0.2) is 90.2 Å². The lowest BCUT2D eigenvalue weighted by atomic mass is 10.00. The van der Waals surface area contributed by atoms with Gasteiger partial charge in [0, 0.05) is 49.8 Å². The lowest BCUT2D eigenvalue weighted by Gasteiger charge is -2.40. The molecule has 10 heteroatoms. The third-order valence-corrected chi connectivity index (χ3v) is 10.2. The largest absolute Gasteiger partial charge is 0.465 e. The number of anilines is 1. The molecule has 2 aliphatic heterocycles. The Kier molecular flexibility index (Phi) is 8.18. The van der Waals surface area contributed by atoms with Crippen LogP contribution in [0.15, 0.2) is 91.0 Å². The molecule has 9 nitrogen and oxygen atoms in total. The second kappa shape index (κ2) is 12.2. The van der Waals surface area contributed by atoms with E-state index in [2.05, 4.69) is 15.5 Å². The van der Waals surface area contributed by atoms with Crippen molar-refractivity contribution in [3.05, 3.63) is 108 Å². The van der Waals surface area contributed by atoms with Crippen LogP contribution in [0.4, 0.5) is 10.5 Å². The summed E-state index contributed by atoms with van der Waals surface area (Å²) in [5.41, 5.74) is 5.96. The second-order valence-electron chi connectivity index (χ2n) is 11.5. The van der Waals surface area contributed by atoms with Gasteiger partial charge in [-0.15, -0.1) is 0 Å². The molecule has 0 aliphatic carbocycles. The number of amides is 2. The summed E-state index contributed by atoms with van der Waals surface area (Å²) in [7, 11) is -3.01. The quantitative estimate of drug-likeness (QED) is 0.338. The first-order valence-electron chi connectivity index (χ1n) is 14.9. The van der Waals surface area contributed by atoms with Crippen LogP contribution in [0.2, 0.25) is 0 Å². The molecule has 1 aromatic heterocycles. The van der Waals surface area contributed by atoms with Crippen LogP contribution in [0.1, 0.15) is 21.6 Å². The van der Waals surface area contributed by atoms with Crippen LogP contribution in [0, 0.1) is 6.92 Å². The topological polar surface area (TPSA) is 103 Å². The number of carboxylic acid groups (broad SMARTS) is 1. The molecule has 1 atom stereocenters. The number of benzene rings is 3. The summed E-state index contributed by atoms with van der Waals surface area (Å²) >= 11 is 0. The Hall–Kier alpha value is -4.57. The average molecular weight is 613 g/mol. The summed E-state index contributed by atoms with van der Waals surface area (Å²) in [6.07, 6.45) is -0.432. The van der Waals surface area contributed by atoms with Gasteiger partial charge in [0.05, 0.1) is 28.8 Å². The molecule has 1 N–H and O–H groups in total. The zero-order chi connectivity index (χ0) is 30.8. The van der Waals surface area contributed by atoms with E-state index < -0.39 is 15.9 Å². The van der Waals surface area contributed by atoms with E-state index >= 15 is 0 Å². The fourth-order valence-electron chi connectivity index (χ4n) is 6.33. The van der Waals surface area contributed by atoms with Crippen LogP contribution in [-0.2, 0) is 16.3 Å². The van der Waals surface area contributed by atoms with Gasteiger partial charge in [0.15, 0.2) is 9.84 Å². The molecule has 44 heavy (non-hydrogen) atoms. The zero-order valence-corrected chi connectivity index (χ0v) is 25.5. The van der Waals surface area contributed by atoms with E-state index in [1.807, 2.05) is 96.8 Å². The number of aryl methyl sites for hydroxylation is 1. The van der Waals surface area contributed by atoms with Crippen molar-refractivity contribution in [1.82, 2.24) is 14.4 Å². The van der Waals surface area contributed by atoms with Gasteiger partial charge in [0.25, 0.3) is 5.91 Å². The van der Waals surface area contributed by atoms with Gasteiger partial charge in [-0.25, -0.2) is 13.2 Å². The van der Waals surface area contributed by atoms with Crippen LogP contribution in [0.3, 0.4) is 0 Å². The minimum Gasteiger partial charge on any atom is -0.465 e. The molecule has 3 heterocycles. The molecule has 3 aromatic carbocycles. The third-order valence-electron chi connectivity index (χ3n) is 8.59. The predicted octanol–water partition coefficient (Wildman–Crippen LogP) is 4.73. The van der Waals surface area contributed by atoms with Gasteiger partial charge in [0.1, 0.15) is 0 Å². The van der Waals surface area contributed by atoms with E-state index in [1.54, 1.807) is 0 Å². The smallest absolute Gasteiger partial charge is 0.407 e. The van der Waals surface area contributed by atoms with Gasteiger partial charge >= 0.3 is 6.09 Å². The van der Waals surface area contributed by atoms with Crippen LogP contribution < -0.4 is 4.90 Å². The highest BCUT2D eigenvalue weighted by Crippen LogP contribution is 2.34. The summed E-state index contributed by atoms with van der Waals surface area (Å²) in [4.78, 5) is 31.7. The van der Waals surface area contributed by atoms with Gasteiger partial charge in [-0.3, -0.25) is 4.79 Å². The van der Waals surface area contributed by atoms with Crippen molar-refractivity contribution in [3.8, 4) is 16.9 Å². The number of carbonyl (C=O) groups excluding carboxylic acids is 1. The molecule has 6 rings (SSSR count). The van der Waals surface area contributed by atoms with Crippen LogP contribution >= 0.6 is 0 Å². The van der Waals surface area contributed by atoms with E-state index in [1.165, 1.54) is 4.90 Å². The first-order chi connectivity index (χ1) is 21.2. The van der Waals surface area contributed by atoms with Gasteiger partial charge in [-0.1, -0.05) is 66.7 Å². The van der Waals surface area contributed by atoms with E-state index in [0.717, 1.165) is 33.9 Å². The number of carbonyl (C=O) groups is 2. The summed E-state index contributed by atoms with van der Waals surface area (Å²) in [6.45, 7) is 3.65. The summed E-state index contributed by atoms with van der Waals surface area (Å²) < 4.78 is 26.2. The van der Waals surface area contributed by atoms with Crippen molar-refractivity contribution in [2.24, 2.45) is 0 Å². The molecule has 0 spiro atoms. The molecule has 2 aliphatic rings. The lowest BCUT2D eigenvalue weighted by Crippen LogP contribution is -2.57. The lowest BCUT2D eigenvalue weighted by molar-refractivity contribution is 0.0451. The number of sulfone groups is 1. The number of rotatable bonds is 6. The Balaban J connectivity index is 1.40. The zero-order valence-electron chi connectivity index (χ0n) is 24.7. The van der Waals surface area contributed by atoms with Gasteiger partial charge in [-0.05, 0) is 48.7 Å². The minimum atomic E-state index is -3.01. The maximum Gasteiger partial charge on any atom is 0.407 e. The molecule has 0 unspecified atom stereocenters. The Labute approximate surface area is 257 Å². The van der Waals surface area contributed by atoms with Gasteiger partial charge in [-0.2, -0.15) is 0 Å². The van der Waals surface area contributed by atoms with E-state index in [4.69, 9.17) is 0 Å². The van der Waals surface area contributed by atoms with Gasteiger partial charge < -0.3 is 24.4 Å². The molecule has 2 amide bonds. The Morgan fingerprint density at radius 1 is 0.818 bits per heavy atom. The number of hydrogen-bond acceptors (Lipinski definition) is 5. The Morgan fingerprint density at radius 2 is 1.48 bits per heavy atom. The second-order valence-corrected chi connectivity index (χ2v) is 13.8. The van der Waals surface area contributed by atoms with Crippen molar-refractivity contribution in [2.75, 3.05) is 49.1 Å². The highest BCUT2D eigenvalue weighted by molar-refractivity contribution is 7.91. The number of nitrogens with zero attached hydrogens (tertiary/aromatic N) is 4. The summed E-state index contributed by atoms with van der Waals surface area (Å²) in [6, 6.07) is 29.3. The Bertz CT molecular complexity index is 1760. The standard InChI is InChI=1S/C34H36N4O5S/c1-25-21-31(33(39)37-16-15-36(34(40)41)24-30(37)22-26-9-4-2-5-10-26)32(27-11-6-3-7-12-27)38(25)29-14-8-13-28(23-29)35-17-19-44(42,43)20-18-35/h2-14,21,23,30H,15-20,22,24H2,1H3,(H,40,41)/t30-/m1/s1. The molecule has 228 valence electrons. The van der Waals surface area contributed by atoms with Crippen molar-refractivity contribution in [1.29, 1.82) is 0 Å². The molecular weight excluding hydrogens is 576 g/mol. The van der Waals surface area contributed by atoms with Crippen molar-refractivity contribution < 1.29 is 23.1 Å². The first-order valence-corrected chi connectivity index (χ1v) is 16.7. The average Bonchev–Trinajstić information content (AvgIpc) is 3.38. The maximum atomic E-state index is 14.5. The van der Waals surface area contributed by atoms with E-state index in [0.29, 0.717) is 31.6 Å². The Morgan fingerprint density at radius 3 is 2.16 bits per heavy atom. The van der Waals surface area contributed by atoms with Crippen molar-refractivity contribution >= 4 is 27.5 Å². The highest BCUT2D eigenvalue weighted by Gasteiger charge is 2.35. The molecule has 0 radical (unpaired) electrons.